The van der Waals surface area contributed by atoms with Gasteiger partial charge in [0, 0.05) is 19.0 Å². The average Bonchev–Trinajstić information content (AvgIpc) is 2.70. The number of hydrogen-bond acceptors (Lipinski definition) is 5. The van der Waals surface area contributed by atoms with Crippen molar-refractivity contribution in [3.05, 3.63) is 59.9 Å². The standard InChI is InChI=1S/C21H26N2O4/c1-16(23-20(24)11-3-4-12-21(25)26-2)17-8-7-10-19(14-17)27-15-18-9-5-6-13-22-18/h5-10,13-14,16H,3-4,11-12,15H2,1-2H3,(H,23,24)/t16-/m1/s1. The zero-order chi connectivity index (χ0) is 19.5. The zero-order valence-corrected chi connectivity index (χ0v) is 15.8. The van der Waals surface area contributed by atoms with Crippen LogP contribution in [-0.4, -0.2) is 24.0 Å². The third-order valence-corrected chi connectivity index (χ3v) is 4.11. The van der Waals surface area contributed by atoms with Gasteiger partial charge in [-0.1, -0.05) is 18.2 Å². The van der Waals surface area contributed by atoms with Gasteiger partial charge in [0.15, 0.2) is 0 Å². The minimum Gasteiger partial charge on any atom is -0.487 e. The second kappa shape index (κ2) is 11.0. The number of benzene rings is 1. The fourth-order valence-corrected chi connectivity index (χ4v) is 2.57. The number of pyridine rings is 1. The second-order valence-corrected chi connectivity index (χ2v) is 6.25. The quantitative estimate of drug-likeness (QED) is 0.511. The first-order chi connectivity index (χ1) is 13.1. The van der Waals surface area contributed by atoms with Crippen LogP contribution < -0.4 is 10.1 Å². The van der Waals surface area contributed by atoms with Gasteiger partial charge >= 0.3 is 5.97 Å². The lowest BCUT2D eigenvalue weighted by molar-refractivity contribution is -0.140. The molecule has 1 N–H and O–H groups in total. The molecule has 144 valence electrons. The number of aromatic nitrogens is 1. The van der Waals surface area contributed by atoms with E-state index in [0.29, 0.717) is 32.3 Å². The van der Waals surface area contributed by atoms with Gasteiger partial charge in [0.2, 0.25) is 5.91 Å². The minimum absolute atomic E-state index is 0.0350. The molecule has 0 bridgehead atoms. The number of nitrogens with one attached hydrogen (secondary N) is 1. The van der Waals surface area contributed by atoms with E-state index < -0.39 is 0 Å². The maximum absolute atomic E-state index is 12.1. The van der Waals surface area contributed by atoms with Crippen LogP contribution in [0, 0.1) is 0 Å². The Labute approximate surface area is 159 Å². The Morgan fingerprint density at radius 3 is 2.67 bits per heavy atom. The summed E-state index contributed by atoms with van der Waals surface area (Å²) in [6.07, 6.45) is 3.76. The summed E-state index contributed by atoms with van der Waals surface area (Å²) < 4.78 is 10.4. The number of amides is 1. The van der Waals surface area contributed by atoms with Gasteiger partial charge in [0.1, 0.15) is 12.4 Å². The molecule has 0 fully saturated rings. The molecular weight excluding hydrogens is 344 g/mol. The van der Waals surface area contributed by atoms with E-state index in [1.54, 1.807) is 6.20 Å². The maximum atomic E-state index is 12.1. The fourth-order valence-electron chi connectivity index (χ4n) is 2.57. The number of ether oxygens (including phenoxy) is 2. The molecule has 6 nitrogen and oxygen atoms in total. The van der Waals surface area contributed by atoms with Crippen molar-refractivity contribution in [1.82, 2.24) is 10.3 Å². The highest BCUT2D eigenvalue weighted by Gasteiger charge is 2.11. The topological polar surface area (TPSA) is 77.5 Å². The Kier molecular flexibility index (Phi) is 8.29. The molecule has 0 unspecified atom stereocenters. The van der Waals surface area contributed by atoms with Crippen molar-refractivity contribution in [1.29, 1.82) is 0 Å². The molecule has 1 heterocycles. The highest BCUT2D eigenvalue weighted by molar-refractivity contribution is 5.76. The molecule has 0 saturated heterocycles. The Bertz CT molecular complexity index is 734. The number of methoxy groups -OCH3 is 1. The summed E-state index contributed by atoms with van der Waals surface area (Å²) in [5, 5.41) is 2.98. The highest BCUT2D eigenvalue weighted by atomic mass is 16.5. The molecule has 0 saturated carbocycles. The van der Waals surface area contributed by atoms with Crippen molar-refractivity contribution >= 4 is 11.9 Å². The molecule has 0 aliphatic heterocycles. The Balaban J connectivity index is 1.79. The molecule has 2 aromatic rings. The predicted octanol–water partition coefficient (Wildman–Crippen LogP) is 3.57. The molecule has 6 heteroatoms. The Morgan fingerprint density at radius 2 is 1.93 bits per heavy atom. The molecule has 27 heavy (non-hydrogen) atoms. The third kappa shape index (κ3) is 7.48. The van der Waals surface area contributed by atoms with Crippen molar-refractivity contribution in [3.8, 4) is 5.75 Å². The molecule has 0 spiro atoms. The van der Waals surface area contributed by atoms with Gasteiger partial charge in [-0.3, -0.25) is 14.6 Å². The van der Waals surface area contributed by atoms with Gasteiger partial charge in [0.25, 0.3) is 0 Å². The molecule has 1 amide bonds. The van der Waals surface area contributed by atoms with E-state index in [-0.39, 0.29) is 17.9 Å². The number of esters is 1. The van der Waals surface area contributed by atoms with Crippen LogP contribution in [0.2, 0.25) is 0 Å². The molecule has 0 aliphatic rings. The second-order valence-electron chi connectivity index (χ2n) is 6.25. The number of carbonyl (C=O) groups is 2. The van der Waals surface area contributed by atoms with Crippen LogP contribution in [0.15, 0.2) is 48.7 Å². The van der Waals surface area contributed by atoms with Gasteiger partial charge in [0.05, 0.1) is 18.8 Å². The summed E-state index contributed by atoms with van der Waals surface area (Å²) in [6, 6.07) is 13.2. The Hall–Kier alpha value is -2.89. The lowest BCUT2D eigenvalue weighted by Crippen LogP contribution is -2.26. The minimum atomic E-state index is -0.244. The predicted molar refractivity (Wildman–Crippen MR) is 102 cm³/mol. The number of unbranched alkanes of at least 4 members (excludes halogenated alkanes) is 1. The number of rotatable bonds is 10. The smallest absolute Gasteiger partial charge is 0.305 e. The van der Waals surface area contributed by atoms with E-state index in [0.717, 1.165) is 17.0 Å². The van der Waals surface area contributed by atoms with E-state index >= 15 is 0 Å². The number of hydrogen-bond donors (Lipinski definition) is 1. The normalized spacial score (nSPS) is 11.5. The van der Waals surface area contributed by atoms with Crippen molar-refractivity contribution in [2.24, 2.45) is 0 Å². The Morgan fingerprint density at radius 1 is 1.11 bits per heavy atom. The first kappa shape index (κ1) is 20.4. The molecule has 2 rings (SSSR count). The summed E-state index contributed by atoms with van der Waals surface area (Å²) >= 11 is 0. The summed E-state index contributed by atoms with van der Waals surface area (Å²) in [7, 11) is 1.37. The van der Waals surface area contributed by atoms with Crippen LogP contribution >= 0.6 is 0 Å². The number of carbonyl (C=O) groups excluding carboxylic acids is 2. The maximum Gasteiger partial charge on any atom is 0.305 e. The highest BCUT2D eigenvalue weighted by Crippen LogP contribution is 2.20. The van der Waals surface area contributed by atoms with Gasteiger partial charge in [-0.15, -0.1) is 0 Å². The molecule has 1 aromatic carbocycles. The third-order valence-electron chi connectivity index (χ3n) is 4.11. The first-order valence-corrected chi connectivity index (χ1v) is 9.07. The SMILES string of the molecule is COC(=O)CCCCC(=O)N[C@H](C)c1cccc(OCc2ccccn2)c1. The monoisotopic (exact) mass is 370 g/mol. The van der Waals surface area contributed by atoms with Gasteiger partial charge in [-0.2, -0.15) is 0 Å². The van der Waals surface area contributed by atoms with Gasteiger partial charge < -0.3 is 14.8 Å². The molecule has 1 atom stereocenters. The summed E-state index contributed by atoms with van der Waals surface area (Å²) in [5.41, 5.74) is 1.83. The van der Waals surface area contributed by atoms with Gasteiger partial charge in [-0.25, -0.2) is 0 Å². The first-order valence-electron chi connectivity index (χ1n) is 9.07. The van der Waals surface area contributed by atoms with Crippen LogP contribution in [0.5, 0.6) is 5.75 Å². The van der Waals surface area contributed by atoms with E-state index in [1.165, 1.54) is 7.11 Å². The summed E-state index contributed by atoms with van der Waals surface area (Å²) in [6.45, 7) is 2.33. The van der Waals surface area contributed by atoms with E-state index in [2.05, 4.69) is 15.0 Å². The molecular formula is C21H26N2O4. The molecule has 0 aliphatic carbocycles. The van der Waals surface area contributed by atoms with Crippen molar-refractivity contribution in [2.45, 2.75) is 45.3 Å². The zero-order valence-electron chi connectivity index (χ0n) is 15.8. The van der Waals surface area contributed by atoms with Crippen LogP contribution in [0.3, 0.4) is 0 Å². The van der Waals surface area contributed by atoms with Crippen LogP contribution in [0.1, 0.15) is 49.9 Å². The van der Waals surface area contributed by atoms with E-state index in [1.807, 2.05) is 49.4 Å². The summed E-state index contributed by atoms with van der Waals surface area (Å²) in [4.78, 5) is 27.4. The fraction of sp³-hybridized carbons (Fsp3) is 0.381. The van der Waals surface area contributed by atoms with E-state index in [4.69, 9.17) is 4.74 Å². The van der Waals surface area contributed by atoms with Crippen LogP contribution in [-0.2, 0) is 20.9 Å². The van der Waals surface area contributed by atoms with Crippen molar-refractivity contribution < 1.29 is 19.1 Å². The lowest BCUT2D eigenvalue weighted by atomic mass is 10.1. The molecule has 1 aromatic heterocycles. The largest absolute Gasteiger partial charge is 0.487 e. The van der Waals surface area contributed by atoms with Crippen molar-refractivity contribution in [2.75, 3.05) is 7.11 Å². The summed E-state index contributed by atoms with van der Waals surface area (Å²) in [5.74, 6) is 0.454. The van der Waals surface area contributed by atoms with Crippen LogP contribution in [0.25, 0.3) is 0 Å². The average molecular weight is 370 g/mol. The van der Waals surface area contributed by atoms with E-state index in [9.17, 15) is 9.59 Å². The van der Waals surface area contributed by atoms with Crippen LogP contribution in [0.4, 0.5) is 0 Å². The molecule has 0 radical (unpaired) electrons. The number of nitrogens with zero attached hydrogens (tertiary/aromatic N) is 1. The van der Waals surface area contributed by atoms with Crippen molar-refractivity contribution in [3.63, 3.8) is 0 Å². The van der Waals surface area contributed by atoms with Gasteiger partial charge in [-0.05, 0) is 49.6 Å². The lowest BCUT2D eigenvalue weighted by Gasteiger charge is -2.15.